The molecule has 1 aromatic carbocycles. The molecule has 0 spiro atoms. The first-order valence-electron chi connectivity index (χ1n) is 6.48. The van der Waals surface area contributed by atoms with Crippen LogP contribution in [0.3, 0.4) is 0 Å². The van der Waals surface area contributed by atoms with Crippen molar-refractivity contribution in [3.8, 4) is 0 Å². The van der Waals surface area contributed by atoms with Crippen LogP contribution in [0.4, 0.5) is 0 Å². The Kier molecular flexibility index (Phi) is 4.56. The standard InChI is InChI=1S/C16H19ClN2/c1-11-5-3-4-6-15(11)13(9-18)8-16-12(2)7-14(17)10-19-16/h3-7,10,13H,8-9,18H2,1-2H3/t13-/m1/s1. The minimum absolute atomic E-state index is 0.300. The Hall–Kier alpha value is -1.38. The van der Waals surface area contributed by atoms with Crippen molar-refractivity contribution in [2.75, 3.05) is 6.54 Å². The molecule has 0 saturated heterocycles. The molecule has 2 rings (SSSR count). The van der Waals surface area contributed by atoms with Crippen LogP contribution in [-0.2, 0) is 6.42 Å². The summed E-state index contributed by atoms with van der Waals surface area (Å²) in [4.78, 5) is 4.43. The van der Waals surface area contributed by atoms with Crippen LogP contribution in [0.5, 0.6) is 0 Å². The van der Waals surface area contributed by atoms with E-state index in [-0.39, 0.29) is 0 Å². The molecule has 0 saturated carbocycles. The van der Waals surface area contributed by atoms with Gasteiger partial charge in [0.2, 0.25) is 0 Å². The number of benzene rings is 1. The summed E-state index contributed by atoms with van der Waals surface area (Å²) in [6.45, 7) is 4.79. The van der Waals surface area contributed by atoms with E-state index in [2.05, 4.69) is 36.2 Å². The maximum Gasteiger partial charge on any atom is 0.0592 e. The van der Waals surface area contributed by atoms with E-state index in [1.807, 2.05) is 13.0 Å². The van der Waals surface area contributed by atoms with E-state index >= 15 is 0 Å². The summed E-state index contributed by atoms with van der Waals surface area (Å²) in [5.74, 6) is 0.300. The number of halogens is 1. The van der Waals surface area contributed by atoms with Crippen LogP contribution >= 0.6 is 11.6 Å². The maximum absolute atomic E-state index is 5.95. The molecule has 0 unspecified atom stereocenters. The van der Waals surface area contributed by atoms with Crippen molar-refractivity contribution in [2.24, 2.45) is 5.73 Å². The third kappa shape index (κ3) is 3.34. The zero-order valence-electron chi connectivity index (χ0n) is 11.4. The molecule has 2 nitrogen and oxygen atoms in total. The highest BCUT2D eigenvalue weighted by Gasteiger charge is 2.14. The summed E-state index contributed by atoms with van der Waals surface area (Å²) in [6, 6.07) is 10.3. The lowest BCUT2D eigenvalue weighted by atomic mass is 9.90. The molecule has 0 fully saturated rings. The van der Waals surface area contributed by atoms with Crippen LogP contribution in [-0.4, -0.2) is 11.5 Å². The third-order valence-corrected chi connectivity index (χ3v) is 3.71. The van der Waals surface area contributed by atoms with Gasteiger partial charge in [0.25, 0.3) is 0 Å². The molecule has 19 heavy (non-hydrogen) atoms. The fourth-order valence-corrected chi connectivity index (χ4v) is 2.59. The first kappa shape index (κ1) is 14.0. The van der Waals surface area contributed by atoms with Crippen LogP contribution in [0, 0.1) is 13.8 Å². The molecule has 0 bridgehead atoms. The Morgan fingerprint density at radius 1 is 1.21 bits per heavy atom. The van der Waals surface area contributed by atoms with Gasteiger partial charge in [0, 0.05) is 17.8 Å². The number of aromatic nitrogens is 1. The summed E-state index contributed by atoms with van der Waals surface area (Å²) in [5, 5.41) is 0.682. The number of pyridine rings is 1. The second-order valence-electron chi connectivity index (χ2n) is 4.91. The van der Waals surface area contributed by atoms with Crippen LogP contribution in [0.15, 0.2) is 36.5 Å². The molecule has 0 aliphatic heterocycles. The highest BCUT2D eigenvalue weighted by Crippen LogP contribution is 2.24. The average molecular weight is 275 g/mol. The molecular formula is C16H19ClN2. The molecule has 1 heterocycles. The number of aryl methyl sites for hydroxylation is 2. The zero-order chi connectivity index (χ0) is 13.8. The number of nitrogens with two attached hydrogens (primary N) is 1. The normalized spacial score (nSPS) is 12.4. The van der Waals surface area contributed by atoms with Gasteiger partial charge in [0.15, 0.2) is 0 Å². The van der Waals surface area contributed by atoms with Gasteiger partial charge in [0.1, 0.15) is 0 Å². The average Bonchev–Trinajstić information content (AvgIpc) is 2.39. The first-order chi connectivity index (χ1) is 9.11. The smallest absolute Gasteiger partial charge is 0.0592 e. The van der Waals surface area contributed by atoms with Crippen LogP contribution < -0.4 is 5.73 Å². The quantitative estimate of drug-likeness (QED) is 0.925. The first-order valence-corrected chi connectivity index (χ1v) is 6.86. The Morgan fingerprint density at radius 2 is 1.95 bits per heavy atom. The molecule has 0 aliphatic carbocycles. The van der Waals surface area contributed by atoms with Crippen LogP contribution in [0.2, 0.25) is 5.02 Å². The van der Waals surface area contributed by atoms with Crippen molar-refractivity contribution in [2.45, 2.75) is 26.2 Å². The van der Waals surface area contributed by atoms with Gasteiger partial charge in [-0.25, -0.2) is 0 Å². The monoisotopic (exact) mass is 274 g/mol. The Balaban J connectivity index is 2.27. The minimum atomic E-state index is 0.300. The van der Waals surface area contributed by atoms with Crippen LogP contribution in [0.25, 0.3) is 0 Å². The molecular weight excluding hydrogens is 256 g/mol. The second-order valence-corrected chi connectivity index (χ2v) is 5.35. The Morgan fingerprint density at radius 3 is 2.58 bits per heavy atom. The molecule has 2 aromatic rings. The third-order valence-electron chi connectivity index (χ3n) is 3.51. The van der Waals surface area contributed by atoms with E-state index in [9.17, 15) is 0 Å². The number of rotatable bonds is 4. The number of nitrogens with zero attached hydrogens (tertiary/aromatic N) is 1. The van der Waals surface area contributed by atoms with E-state index in [4.69, 9.17) is 17.3 Å². The summed E-state index contributed by atoms with van der Waals surface area (Å²) in [5.41, 5.74) is 10.7. The largest absolute Gasteiger partial charge is 0.330 e. The van der Waals surface area contributed by atoms with Gasteiger partial charge in [-0.05, 0) is 49.6 Å². The summed E-state index contributed by atoms with van der Waals surface area (Å²) in [7, 11) is 0. The van der Waals surface area contributed by atoms with Crippen molar-refractivity contribution >= 4 is 11.6 Å². The minimum Gasteiger partial charge on any atom is -0.330 e. The lowest BCUT2D eigenvalue weighted by Crippen LogP contribution is -2.17. The van der Waals surface area contributed by atoms with Crippen molar-refractivity contribution < 1.29 is 0 Å². The molecule has 0 aliphatic rings. The molecule has 0 amide bonds. The SMILES string of the molecule is Cc1ccccc1[C@@H](CN)Cc1ncc(Cl)cc1C. The fourth-order valence-electron chi connectivity index (χ4n) is 2.38. The molecule has 0 radical (unpaired) electrons. The summed E-state index contributed by atoms with van der Waals surface area (Å²) in [6.07, 6.45) is 2.56. The summed E-state index contributed by atoms with van der Waals surface area (Å²) < 4.78 is 0. The maximum atomic E-state index is 5.95. The van der Waals surface area contributed by atoms with E-state index in [0.717, 1.165) is 17.7 Å². The van der Waals surface area contributed by atoms with E-state index in [0.29, 0.717) is 17.5 Å². The van der Waals surface area contributed by atoms with Crippen molar-refractivity contribution in [1.29, 1.82) is 0 Å². The predicted molar refractivity (Wildman–Crippen MR) is 80.7 cm³/mol. The van der Waals surface area contributed by atoms with Crippen molar-refractivity contribution in [3.05, 3.63) is 63.9 Å². The predicted octanol–water partition coefficient (Wildman–Crippen LogP) is 3.64. The van der Waals surface area contributed by atoms with Crippen molar-refractivity contribution in [1.82, 2.24) is 4.98 Å². The molecule has 3 heteroatoms. The second kappa shape index (κ2) is 6.18. The fraction of sp³-hybridized carbons (Fsp3) is 0.312. The summed E-state index contributed by atoms with van der Waals surface area (Å²) >= 11 is 5.94. The lowest BCUT2D eigenvalue weighted by Gasteiger charge is -2.18. The van der Waals surface area contributed by atoms with E-state index in [1.54, 1.807) is 6.20 Å². The Labute approximate surface area is 119 Å². The topological polar surface area (TPSA) is 38.9 Å². The van der Waals surface area contributed by atoms with Gasteiger partial charge < -0.3 is 5.73 Å². The highest BCUT2D eigenvalue weighted by atomic mass is 35.5. The van der Waals surface area contributed by atoms with Gasteiger partial charge in [-0.3, -0.25) is 4.98 Å². The molecule has 2 N–H and O–H groups in total. The van der Waals surface area contributed by atoms with Gasteiger partial charge in [0.05, 0.1) is 5.02 Å². The number of hydrogen-bond donors (Lipinski definition) is 1. The molecule has 1 atom stereocenters. The van der Waals surface area contributed by atoms with E-state index < -0.39 is 0 Å². The molecule has 1 aromatic heterocycles. The van der Waals surface area contributed by atoms with E-state index in [1.165, 1.54) is 11.1 Å². The number of hydrogen-bond acceptors (Lipinski definition) is 2. The molecule has 100 valence electrons. The van der Waals surface area contributed by atoms with Crippen LogP contribution in [0.1, 0.15) is 28.3 Å². The lowest BCUT2D eigenvalue weighted by molar-refractivity contribution is 0.675. The van der Waals surface area contributed by atoms with Gasteiger partial charge in [-0.2, -0.15) is 0 Å². The zero-order valence-corrected chi connectivity index (χ0v) is 12.1. The van der Waals surface area contributed by atoms with Gasteiger partial charge >= 0.3 is 0 Å². The highest BCUT2D eigenvalue weighted by molar-refractivity contribution is 6.30. The van der Waals surface area contributed by atoms with Gasteiger partial charge in [-0.15, -0.1) is 0 Å². The van der Waals surface area contributed by atoms with Gasteiger partial charge in [-0.1, -0.05) is 35.9 Å². The Bertz CT molecular complexity index is 566. The van der Waals surface area contributed by atoms with Crippen molar-refractivity contribution in [3.63, 3.8) is 0 Å².